The SMILES string of the molecule is CCOC(=O)c1nnc(-c2ccccc2)nc1Sc1ccccc1C(=O)OC. The number of ether oxygens (including phenoxy) is 2. The second-order valence-corrected chi connectivity index (χ2v) is 6.50. The number of benzene rings is 2. The molecule has 0 fully saturated rings. The van der Waals surface area contributed by atoms with Gasteiger partial charge < -0.3 is 9.47 Å². The van der Waals surface area contributed by atoms with Gasteiger partial charge >= 0.3 is 11.9 Å². The molecule has 142 valence electrons. The number of hydrogen-bond donors (Lipinski definition) is 0. The van der Waals surface area contributed by atoms with Crippen LogP contribution in [0.15, 0.2) is 64.5 Å². The van der Waals surface area contributed by atoms with Crippen LogP contribution in [0.3, 0.4) is 0 Å². The van der Waals surface area contributed by atoms with Crippen LogP contribution in [0, 0.1) is 0 Å². The molecule has 0 spiro atoms. The van der Waals surface area contributed by atoms with Gasteiger partial charge in [-0.1, -0.05) is 54.2 Å². The van der Waals surface area contributed by atoms with E-state index >= 15 is 0 Å². The molecule has 0 aliphatic rings. The van der Waals surface area contributed by atoms with Gasteiger partial charge in [-0.25, -0.2) is 14.6 Å². The van der Waals surface area contributed by atoms with Crippen molar-refractivity contribution in [1.82, 2.24) is 15.2 Å². The molecule has 0 aliphatic heterocycles. The lowest BCUT2D eigenvalue weighted by molar-refractivity contribution is 0.0511. The summed E-state index contributed by atoms with van der Waals surface area (Å²) in [6, 6.07) is 16.2. The highest BCUT2D eigenvalue weighted by Gasteiger charge is 2.22. The molecule has 7 nitrogen and oxygen atoms in total. The van der Waals surface area contributed by atoms with E-state index in [4.69, 9.17) is 9.47 Å². The molecule has 2 aromatic carbocycles. The Morgan fingerprint density at radius 1 is 0.964 bits per heavy atom. The second kappa shape index (κ2) is 9.09. The Kier molecular flexibility index (Phi) is 6.33. The monoisotopic (exact) mass is 395 g/mol. The third-order valence-electron chi connectivity index (χ3n) is 3.65. The standard InChI is InChI=1S/C20H17N3O4S/c1-3-27-20(25)16-18(21-17(23-22-16)13-9-5-4-6-10-13)28-15-12-8-7-11-14(15)19(24)26-2/h4-12H,3H2,1-2H3. The largest absolute Gasteiger partial charge is 0.465 e. The Labute approximate surface area is 166 Å². The minimum absolute atomic E-state index is 0.00815. The molecule has 1 heterocycles. The molecule has 0 saturated carbocycles. The summed E-state index contributed by atoms with van der Waals surface area (Å²) >= 11 is 1.13. The van der Waals surface area contributed by atoms with Crippen molar-refractivity contribution >= 4 is 23.7 Å². The maximum absolute atomic E-state index is 12.3. The fraction of sp³-hybridized carbons (Fsp3) is 0.150. The van der Waals surface area contributed by atoms with Gasteiger partial charge in [0.05, 0.1) is 19.3 Å². The van der Waals surface area contributed by atoms with Crippen LogP contribution in [0.2, 0.25) is 0 Å². The lowest BCUT2D eigenvalue weighted by Crippen LogP contribution is -2.12. The molecule has 0 unspecified atom stereocenters. The number of esters is 2. The van der Waals surface area contributed by atoms with Gasteiger partial charge in [0.1, 0.15) is 5.03 Å². The fourth-order valence-corrected chi connectivity index (χ4v) is 3.33. The van der Waals surface area contributed by atoms with Gasteiger partial charge in [0.2, 0.25) is 5.69 Å². The summed E-state index contributed by atoms with van der Waals surface area (Å²) in [5.41, 5.74) is 1.12. The first-order valence-corrected chi connectivity index (χ1v) is 9.28. The number of carbonyl (C=O) groups is 2. The Morgan fingerprint density at radius 3 is 2.39 bits per heavy atom. The molecule has 1 aromatic heterocycles. The van der Waals surface area contributed by atoms with E-state index in [2.05, 4.69) is 15.2 Å². The van der Waals surface area contributed by atoms with Crippen LogP contribution in [-0.2, 0) is 9.47 Å². The first-order chi connectivity index (χ1) is 13.6. The molecule has 0 atom stereocenters. The van der Waals surface area contributed by atoms with Crippen molar-refractivity contribution in [3.63, 3.8) is 0 Å². The second-order valence-electron chi connectivity index (χ2n) is 5.47. The minimum Gasteiger partial charge on any atom is -0.465 e. The van der Waals surface area contributed by atoms with Crippen LogP contribution in [-0.4, -0.2) is 40.8 Å². The smallest absolute Gasteiger partial charge is 0.361 e. The molecular weight excluding hydrogens is 378 g/mol. The normalized spacial score (nSPS) is 10.4. The van der Waals surface area contributed by atoms with Crippen LogP contribution >= 0.6 is 11.8 Å². The molecule has 3 rings (SSSR count). The number of nitrogens with zero attached hydrogens (tertiary/aromatic N) is 3. The highest BCUT2D eigenvalue weighted by atomic mass is 32.2. The van der Waals surface area contributed by atoms with E-state index in [0.29, 0.717) is 21.3 Å². The Bertz CT molecular complexity index is 996. The highest BCUT2D eigenvalue weighted by molar-refractivity contribution is 7.99. The van der Waals surface area contributed by atoms with Gasteiger partial charge in [-0.05, 0) is 19.1 Å². The first kappa shape index (κ1) is 19.5. The van der Waals surface area contributed by atoms with E-state index < -0.39 is 11.9 Å². The summed E-state index contributed by atoms with van der Waals surface area (Å²) < 4.78 is 9.90. The zero-order chi connectivity index (χ0) is 19.9. The lowest BCUT2D eigenvalue weighted by atomic mass is 10.2. The van der Waals surface area contributed by atoms with Crippen LogP contribution in [0.1, 0.15) is 27.8 Å². The van der Waals surface area contributed by atoms with Gasteiger partial charge in [0.15, 0.2) is 5.82 Å². The van der Waals surface area contributed by atoms with Gasteiger partial charge in [-0.15, -0.1) is 10.2 Å². The molecular formula is C20H17N3O4S. The Morgan fingerprint density at radius 2 is 1.68 bits per heavy atom. The van der Waals surface area contributed by atoms with Gasteiger partial charge in [0, 0.05) is 10.5 Å². The molecule has 0 aliphatic carbocycles. The van der Waals surface area contributed by atoms with Crippen molar-refractivity contribution in [2.24, 2.45) is 0 Å². The van der Waals surface area contributed by atoms with Crippen molar-refractivity contribution in [2.75, 3.05) is 13.7 Å². The highest BCUT2D eigenvalue weighted by Crippen LogP contribution is 2.32. The van der Waals surface area contributed by atoms with Crippen molar-refractivity contribution in [3.05, 3.63) is 65.9 Å². The van der Waals surface area contributed by atoms with Crippen LogP contribution < -0.4 is 0 Å². The summed E-state index contributed by atoms with van der Waals surface area (Å²) in [7, 11) is 1.31. The number of hydrogen-bond acceptors (Lipinski definition) is 8. The predicted molar refractivity (Wildman–Crippen MR) is 103 cm³/mol. The van der Waals surface area contributed by atoms with Crippen molar-refractivity contribution < 1.29 is 19.1 Å². The van der Waals surface area contributed by atoms with Crippen molar-refractivity contribution in [2.45, 2.75) is 16.8 Å². The summed E-state index contributed by atoms with van der Waals surface area (Å²) in [4.78, 5) is 29.5. The van der Waals surface area contributed by atoms with Crippen LogP contribution in [0.5, 0.6) is 0 Å². The van der Waals surface area contributed by atoms with E-state index in [1.54, 1.807) is 31.2 Å². The number of methoxy groups -OCH3 is 1. The van der Waals surface area contributed by atoms with Crippen molar-refractivity contribution in [3.8, 4) is 11.4 Å². The van der Waals surface area contributed by atoms with E-state index in [-0.39, 0.29) is 12.3 Å². The van der Waals surface area contributed by atoms with Gasteiger partial charge in [0.25, 0.3) is 0 Å². The third kappa shape index (κ3) is 4.34. The quantitative estimate of drug-likeness (QED) is 0.584. The summed E-state index contributed by atoms with van der Waals surface area (Å²) in [6.45, 7) is 1.90. The lowest BCUT2D eigenvalue weighted by Gasteiger charge is -2.10. The average Bonchev–Trinajstić information content (AvgIpc) is 2.74. The maximum atomic E-state index is 12.3. The van der Waals surface area contributed by atoms with Gasteiger partial charge in [-0.2, -0.15) is 0 Å². The molecule has 0 N–H and O–H groups in total. The van der Waals surface area contributed by atoms with E-state index in [9.17, 15) is 9.59 Å². The van der Waals surface area contributed by atoms with Crippen LogP contribution in [0.4, 0.5) is 0 Å². The first-order valence-electron chi connectivity index (χ1n) is 8.46. The van der Waals surface area contributed by atoms with E-state index in [1.807, 2.05) is 30.3 Å². The molecule has 8 heteroatoms. The van der Waals surface area contributed by atoms with E-state index in [0.717, 1.165) is 17.3 Å². The summed E-state index contributed by atoms with van der Waals surface area (Å²) in [5, 5.41) is 8.40. The average molecular weight is 395 g/mol. The summed E-state index contributed by atoms with van der Waals surface area (Å²) in [5.74, 6) is -0.738. The topological polar surface area (TPSA) is 91.3 Å². The maximum Gasteiger partial charge on any atom is 0.361 e. The predicted octanol–water partition coefficient (Wildman–Crippen LogP) is 3.65. The molecule has 28 heavy (non-hydrogen) atoms. The molecule has 0 saturated heterocycles. The zero-order valence-corrected chi connectivity index (χ0v) is 16.1. The van der Waals surface area contributed by atoms with E-state index in [1.165, 1.54) is 7.11 Å². The van der Waals surface area contributed by atoms with Crippen LogP contribution in [0.25, 0.3) is 11.4 Å². The molecule has 0 bridgehead atoms. The minimum atomic E-state index is -0.625. The van der Waals surface area contributed by atoms with Crippen molar-refractivity contribution in [1.29, 1.82) is 0 Å². The number of carbonyl (C=O) groups excluding carboxylic acids is 2. The Balaban J connectivity index is 2.07. The summed E-state index contributed by atoms with van der Waals surface area (Å²) in [6.07, 6.45) is 0. The number of aromatic nitrogens is 3. The molecule has 0 amide bonds. The molecule has 3 aromatic rings. The number of rotatable bonds is 6. The van der Waals surface area contributed by atoms with Gasteiger partial charge in [-0.3, -0.25) is 0 Å². The zero-order valence-electron chi connectivity index (χ0n) is 15.3. The fourth-order valence-electron chi connectivity index (χ4n) is 2.36. The third-order valence-corrected chi connectivity index (χ3v) is 4.71. The Hall–Kier alpha value is -3.26. The molecule has 0 radical (unpaired) electrons.